The van der Waals surface area contributed by atoms with Crippen LogP contribution in [0.4, 0.5) is 10.8 Å². The molecule has 0 saturated carbocycles. The Kier molecular flexibility index (Phi) is 12.6. The lowest BCUT2D eigenvalue weighted by Gasteiger charge is -2.27. The zero-order chi connectivity index (χ0) is 41.3. The van der Waals surface area contributed by atoms with Gasteiger partial charge in [-0.1, -0.05) is 54.3 Å². The van der Waals surface area contributed by atoms with E-state index in [9.17, 15) is 28.8 Å². The number of nitrogens with zero attached hydrogens (tertiary/aromatic N) is 4. The molecule has 0 bridgehead atoms. The molecule has 0 spiro atoms. The molecule has 0 aliphatic carbocycles. The zero-order valence-electron chi connectivity index (χ0n) is 32.0. The smallest absolute Gasteiger partial charge is 0.296 e. The predicted octanol–water partition coefficient (Wildman–Crippen LogP) is 5.24. The standard InChI is InChI=1S/C42H40N8O8S/c1-57-33-12-5-4-9-27(33)30-23-43-22-19-28(30)37(53)47-41-48-49-42(59-41)58-24-25-13-15-26(16-14-25)36(52)45-21-7-3-2-6-20-44-31-11-8-10-29-35(31)40(56)50(39(29)55)32-17-18-34(51)46-38(32)54/h4-5,8-16,19,22-23,32,44H,2-3,6-7,17-18,20-21,24H2,1H3,(H,45,52)(H,46,51,54)(H,47,48,53). The number of ether oxygens (including phenoxy) is 2. The first-order chi connectivity index (χ1) is 28.7. The number of benzene rings is 3. The van der Waals surface area contributed by atoms with Gasteiger partial charge in [0.25, 0.3) is 28.8 Å². The first-order valence-corrected chi connectivity index (χ1v) is 19.8. The number of aromatic nitrogens is 3. The van der Waals surface area contributed by atoms with Gasteiger partial charge in [0.15, 0.2) is 0 Å². The highest BCUT2D eigenvalue weighted by Crippen LogP contribution is 2.34. The molecule has 7 rings (SSSR count). The number of methoxy groups -OCH3 is 1. The first-order valence-electron chi connectivity index (χ1n) is 19.0. The van der Waals surface area contributed by atoms with E-state index in [1.165, 1.54) is 0 Å². The molecule has 1 atom stereocenters. The van der Waals surface area contributed by atoms with E-state index in [1.807, 2.05) is 24.3 Å². The van der Waals surface area contributed by atoms with Crippen molar-refractivity contribution in [2.45, 2.75) is 51.2 Å². The van der Waals surface area contributed by atoms with E-state index in [4.69, 9.17) is 9.47 Å². The number of pyridine rings is 1. The Hall–Kier alpha value is -7.01. The summed E-state index contributed by atoms with van der Waals surface area (Å²) < 4.78 is 11.3. The van der Waals surface area contributed by atoms with Gasteiger partial charge in [-0.3, -0.25) is 49.3 Å². The van der Waals surface area contributed by atoms with E-state index in [2.05, 4.69) is 36.4 Å². The number of amides is 6. The molecule has 302 valence electrons. The van der Waals surface area contributed by atoms with Crippen LogP contribution in [0.25, 0.3) is 11.1 Å². The second-order valence-electron chi connectivity index (χ2n) is 13.7. The van der Waals surface area contributed by atoms with Crippen molar-refractivity contribution in [3.8, 4) is 22.1 Å². The van der Waals surface area contributed by atoms with Crippen LogP contribution in [0.5, 0.6) is 10.9 Å². The molecule has 2 aliphatic heterocycles. The summed E-state index contributed by atoms with van der Waals surface area (Å²) in [6, 6.07) is 20.0. The summed E-state index contributed by atoms with van der Waals surface area (Å²) in [5.41, 5.74) is 4.07. The molecule has 16 nitrogen and oxygen atoms in total. The van der Waals surface area contributed by atoms with Gasteiger partial charge in [0, 0.05) is 54.3 Å². The molecule has 3 aromatic carbocycles. The van der Waals surface area contributed by atoms with Crippen LogP contribution < -0.4 is 30.7 Å². The molecule has 5 aromatic rings. The number of carbonyl (C=O) groups excluding carboxylic acids is 6. The number of para-hydroxylation sites is 1. The fourth-order valence-corrected chi connectivity index (χ4v) is 7.44. The normalized spacial score (nSPS) is 14.7. The summed E-state index contributed by atoms with van der Waals surface area (Å²) in [6.07, 6.45) is 6.64. The topological polar surface area (TPSA) is 211 Å². The predicted molar refractivity (Wildman–Crippen MR) is 217 cm³/mol. The highest BCUT2D eigenvalue weighted by molar-refractivity contribution is 7.17. The van der Waals surface area contributed by atoms with Gasteiger partial charge in [-0.05, 0) is 72.6 Å². The molecular weight excluding hydrogens is 777 g/mol. The van der Waals surface area contributed by atoms with Crippen LogP contribution in [-0.4, -0.2) is 81.8 Å². The summed E-state index contributed by atoms with van der Waals surface area (Å²) >= 11 is 1.09. The summed E-state index contributed by atoms with van der Waals surface area (Å²) in [6.45, 7) is 1.26. The van der Waals surface area contributed by atoms with Crippen molar-refractivity contribution in [2.75, 3.05) is 30.8 Å². The molecule has 59 heavy (non-hydrogen) atoms. The van der Waals surface area contributed by atoms with Crippen molar-refractivity contribution in [3.63, 3.8) is 0 Å². The maximum atomic E-state index is 13.3. The average molecular weight is 817 g/mol. The monoisotopic (exact) mass is 816 g/mol. The van der Waals surface area contributed by atoms with E-state index >= 15 is 0 Å². The van der Waals surface area contributed by atoms with Crippen molar-refractivity contribution in [1.82, 2.24) is 30.7 Å². The van der Waals surface area contributed by atoms with Gasteiger partial charge in [0.1, 0.15) is 18.4 Å². The number of hydrogen-bond acceptors (Lipinski definition) is 13. The van der Waals surface area contributed by atoms with E-state index in [0.717, 1.165) is 53.0 Å². The molecule has 0 radical (unpaired) electrons. The number of rotatable bonds is 17. The molecule has 1 fully saturated rings. The summed E-state index contributed by atoms with van der Waals surface area (Å²) in [7, 11) is 1.57. The number of imide groups is 2. The molecule has 17 heteroatoms. The number of unbranched alkanes of at least 4 members (excludes halogenated alkanes) is 3. The van der Waals surface area contributed by atoms with Gasteiger partial charge in [-0.25, -0.2) is 0 Å². The van der Waals surface area contributed by atoms with E-state index in [1.54, 1.807) is 68.0 Å². The third kappa shape index (κ3) is 9.26. The molecular formula is C42H40N8O8S. The van der Waals surface area contributed by atoms with Crippen LogP contribution in [0.15, 0.2) is 85.2 Å². The van der Waals surface area contributed by atoms with Crippen LogP contribution in [0.1, 0.15) is 85.5 Å². The minimum Gasteiger partial charge on any atom is -0.496 e. The van der Waals surface area contributed by atoms with Crippen molar-refractivity contribution >= 4 is 57.6 Å². The molecule has 2 aliphatic rings. The van der Waals surface area contributed by atoms with E-state index in [-0.39, 0.29) is 52.7 Å². The van der Waals surface area contributed by atoms with Gasteiger partial charge in [-0.2, -0.15) is 0 Å². The molecule has 1 unspecified atom stereocenters. The van der Waals surface area contributed by atoms with E-state index in [0.29, 0.717) is 41.2 Å². The minimum absolute atomic E-state index is 0.0616. The number of nitrogens with one attached hydrogen (secondary N) is 4. The Bertz CT molecular complexity index is 2400. The third-order valence-electron chi connectivity index (χ3n) is 9.84. The SMILES string of the molecule is COc1ccccc1-c1cnccc1C(=O)Nc1nnc(OCc2ccc(C(=O)NCCCCCCNc3cccc4c3C(=O)N(C3CCC(=O)NC3=O)C4=O)cc2)s1. The molecule has 6 amide bonds. The number of carbonyl (C=O) groups is 6. The van der Waals surface area contributed by atoms with Crippen LogP contribution in [0.3, 0.4) is 0 Å². The lowest BCUT2D eigenvalue weighted by Crippen LogP contribution is -2.54. The fraction of sp³-hybridized carbons (Fsp3) is 0.262. The number of fused-ring (bicyclic) bond motifs is 1. The van der Waals surface area contributed by atoms with Crippen LogP contribution in [0, 0.1) is 0 Å². The number of hydrogen-bond donors (Lipinski definition) is 4. The number of anilines is 2. The van der Waals surface area contributed by atoms with Crippen LogP contribution in [-0.2, 0) is 16.2 Å². The van der Waals surface area contributed by atoms with Gasteiger partial charge < -0.3 is 20.1 Å². The highest BCUT2D eigenvalue weighted by atomic mass is 32.1. The second-order valence-corrected chi connectivity index (χ2v) is 14.6. The molecule has 4 N–H and O–H groups in total. The van der Waals surface area contributed by atoms with E-state index < -0.39 is 29.7 Å². The Morgan fingerprint density at radius 3 is 2.42 bits per heavy atom. The van der Waals surface area contributed by atoms with Crippen LogP contribution in [0.2, 0.25) is 0 Å². The van der Waals surface area contributed by atoms with Crippen molar-refractivity contribution in [1.29, 1.82) is 0 Å². The molecule has 1 saturated heterocycles. The van der Waals surface area contributed by atoms with Gasteiger partial charge in [0.2, 0.25) is 16.9 Å². The van der Waals surface area contributed by atoms with Crippen molar-refractivity contribution in [3.05, 3.63) is 113 Å². The quantitative estimate of drug-likeness (QED) is 0.0701. The largest absolute Gasteiger partial charge is 0.496 e. The summed E-state index contributed by atoms with van der Waals surface area (Å²) in [5.74, 6) is -2.10. The third-order valence-corrected chi connectivity index (χ3v) is 10.6. The lowest BCUT2D eigenvalue weighted by molar-refractivity contribution is -0.136. The van der Waals surface area contributed by atoms with Gasteiger partial charge >= 0.3 is 0 Å². The average Bonchev–Trinajstić information content (AvgIpc) is 3.81. The van der Waals surface area contributed by atoms with Crippen LogP contribution >= 0.6 is 11.3 Å². The molecule has 2 aromatic heterocycles. The summed E-state index contributed by atoms with van der Waals surface area (Å²) in [5, 5.41) is 19.8. The molecule has 4 heterocycles. The first kappa shape index (κ1) is 40.2. The zero-order valence-corrected chi connectivity index (χ0v) is 32.8. The maximum absolute atomic E-state index is 13.3. The Balaban J connectivity index is 0.799. The van der Waals surface area contributed by atoms with Gasteiger partial charge in [0.05, 0.1) is 23.8 Å². The Labute approximate surface area is 342 Å². The van der Waals surface area contributed by atoms with Crippen molar-refractivity contribution < 1.29 is 38.2 Å². The highest BCUT2D eigenvalue weighted by Gasteiger charge is 2.45. The second kappa shape index (κ2) is 18.5. The minimum atomic E-state index is -1.01. The summed E-state index contributed by atoms with van der Waals surface area (Å²) in [4.78, 5) is 81.4. The Morgan fingerprint density at radius 1 is 0.847 bits per heavy atom. The van der Waals surface area contributed by atoms with Gasteiger partial charge in [-0.15, -0.1) is 5.10 Å². The lowest BCUT2D eigenvalue weighted by atomic mass is 10.0. The maximum Gasteiger partial charge on any atom is 0.296 e. The number of piperidine rings is 1. The van der Waals surface area contributed by atoms with Crippen molar-refractivity contribution in [2.24, 2.45) is 0 Å². The Morgan fingerprint density at radius 2 is 1.63 bits per heavy atom. The fourth-order valence-electron chi connectivity index (χ4n) is 6.85.